The number of amides is 1. The summed E-state index contributed by atoms with van der Waals surface area (Å²) in [5, 5.41) is 0.145. The van der Waals surface area contributed by atoms with Gasteiger partial charge in [0.05, 0.1) is 23.8 Å². The molecule has 0 bridgehead atoms. The summed E-state index contributed by atoms with van der Waals surface area (Å²) >= 11 is 0. The highest BCUT2D eigenvalue weighted by Crippen LogP contribution is 2.20. The van der Waals surface area contributed by atoms with Crippen LogP contribution in [0, 0.1) is 5.82 Å². The molecular formula is C25H25FN6O4. The molecule has 0 aliphatic rings. The monoisotopic (exact) mass is 492 g/mol. The summed E-state index contributed by atoms with van der Waals surface area (Å²) < 4.78 is 15.8. The number of nitrogens with one attached hydrogen (secondary N) is 1. The number of H-pyrrole nitrogens is 1. The van der Waals surface area contributed by atoms with E-state index in [9.17, 15) is 23.6 Å². The molecule has 4 rings (SSSR count). The number of rotatable bonds is 8. The summed E-state index contributed by atoms with van der Waals surface area (Å²) in [6, 6.07) is 12.5. The number of aromatic nitrogens is 4. The largest absolute Gasteiger partial charge is 0.383 e. The van der Waals surface area contributed by atoms with E-state index in [1.54, 1.807) is 24.3 Å². The fourth-order valence-corrected chi connectivity index (χ4v) is 3.91. The van der Waals surface area contributed by atoms with Crippen molar-refractivity contribution in [3.8, 4) is 0 Å². The van der Waals surface area contributed by atoms with Crippen LogP contribution in [0.15, 0.2) is 69.2 Å². The Bertz CT molecular complexity index is 1590. The Labute approximate surface area is 204 Å². The molecule has 11 heteroatoms. The number of nitrogens with two attached hydrogens (primary N) is 1. The number of anilines is 2. The maximum Gasteiger partial charge on any atom is 0.330 e. The van der Waals surface area contributed by atoms with Crippen LogP contribution in [0.5, 0.6) is 0 Å². The van der Waals surface area contributed by atoms with Gasteiger partial charge >= 0.3 is 5.69 Å². The second kappa shape index (κ2) is 10.4. The molecule has 2 aromatic carbocycles. The number of hydrogen-bond acceptors (Lipinski definition) is 6. The molecule has 0 radical (unpaired) electrons. The lowest BCUT2D eigenvalue weighted by Crippen LogP contribution is -2.43. The van der Waals surface area contributed by atoms with E-state index in [4.69, 9.17) is 5.73 Å². The van der Waals surface area contributed by atoms with Crippen molar-refractivity contribution in [2.24, 2.45) is 0 Å². The van der Waals surface area contributed by atoms with Gasteiger partial charge in [-0.05, 0) is 24.1 Å². The Kier molecular flexibility index (Phi) is 7.09. The molecule has 3 N–H and O–H groups in total. The first-order chi connectivity index (χ1) is 17.3. The molecular weight excluding hydrogens is 467 g/mol. The van der Waals surface area contributed by atoms with Crippen LogP contribution in [0.2, 0.25) is 0 Å². The number of carbonyl (C=O) groups excluding carboxylic acids is 1. The molecule has 2 aromatic heterocycles. The molecule has 0 saturated heterocycles. The number of fused-ring (bicyclic) bond motifs is 1. The second-order valence-electron chi connectivity index (χ2n) is 8.30. The molecule has 0 atom stereocenters. The SMILES string of the molecule is CCCCn1c(N)c(N(Cc2ccccc2)C(=O)Cn2cnc3cc(F)ccc3c2=O)c(=O)[nH]c1=O. The average Bonchev–Trinajstić information content (AvgIpc) is 2.85. The zero-order valence-corrected chi connectivity index (χ0v) is 19.6. The third kappa shape index (κ3) is 4.95. The molecule has 10 nitrogen and oxygen atoms in total. The van der Waals surface area contributed by atoms with E-state index < -0.39 is 35.1 Å². The predicted molar refractivity (Wildman–Crippen MR) is 134 cm³/mol. The normalized spacial score (nSPS) is 11.1. The molecule has 0 aliphatic heterocycles. The Morgan fingerprint density at radius 3 is 2.61 bits per heavy atom. The number of unbranched alkanes of at least 4 members (excludes halogenated alkanes) is 1. The quantitative estimate of drug-likeness (QED) is 0.386. The highest BCUT2D eigenvalue weighted by Gasteiger charge is 2.25. The molecule has 0 unspecified atom stereocenters. The number of halogens is 1. The van der Waals surface area contributed by atoms with Gasteiger partial charge in [-0.2, -0.15) is 0 Å². The summed E-state index contributed by atoms with van der Waals surface area (Å²) in [5.74, 6) is -1.30. The van der Waals surface area contributed by atoms with Gasteiger partial charge in [0.1, 0.15) is 18.2 Å². The number of hydrogen-bond donors (Lipinski definition) is 2. The highest BCUT2D eigenvalue weighted by molar-refractivity contribution is 5.95. The van der Waals surface area contributed by atoms with Gasteiger partial charge in [-0.15, -0.1) is 0 Å². The first kappa shape index (κ1) is 24.6. The first-order valence-corrected chi connectivity index (χ1v) is 11.4. The third-order valence-electron chi connectivity index (χ3n) is 5.80. The van der Waals surface area contributed by atoms with Gasteiger partial charge in [-0.3, -0.25) is 33.4 Å². The van der Waals surface area contributed by atoms with E-state index in [1.165, 1.54) is 10.6 Å². The van der Waals surface area contributed by atoms with Crippen LogP contribution in [0.1, 0.15) is 25.3 Å². The summed E-state index contributed by atoms with van der Waals surface area (Å²) in [4.78, 5) is 59.3. The van der Waals surface area contributed by atoms with Crippen molar-refractivity contribution < 1.29 is 9.18 Å². The van der Waals surface area contributed by atoms with Gasteiger partial charge in [0, 0.05) is 12.6 Å². The van der Waals surface area contributed by atoms with Crippen molar-refractivity contribution in [3.63, 3.8) is 0 Å². The number of carbonyl (C=O) groups is 1. The average molecular weight is 493 g/mol. The number of nitrogen functional groups attached to an aromatic ring is 1. The summed E-state index contributed by atoms with van der Waals surface area (Å²) in [6.07, 6.45) is 2.58. The maximum atomic E-state index is 13.6. The second-order valence-corrected chi connectivity index (χ2v) is 8.30. The third-order valence-corrected chi connectivity index (χ3v) is 5.80. The van der Waals surface area contributed by atoms with Crippen LogP contribution in [-0.4, -0.2) is 25.0 Å². The number of nitrogens with zero attached hydrogens (tertiary/aromatic N) is 4. The fraction of sp³-hybridized carbons (Fsp3) is 0.240. The van der Waals surface area contributed by atoms with Crippen molar-refractivity contribution in [2.45, 2.75) is 39.4 Å². The first-order valence-electron chi connectivity index (χ1n) is 11.4. The molecule has 0 aliphatic carbocycles. The molecule has 0 fully saturated rings. The smallest absolute Gasteiger partial charge is 0.330 e. The molecule has 0 spiro atoms. The van der Waals surface area contributed by atoms with Crippen LogP contribution in [0.4, 0.5) is 15.9 Å². The lowest BCUT2D eigenvalue weighted by Gasteiger charge is -2.25. The minimum atomic E-state index is -0.811. The van der Waals surface area contributed by atoms with Crippen molar-refractivity contribution >= 4 is 28.3 Å². The Balaban J connectivity index is 1.79. The highest BCUT2D eigenvalue weighted by atomic mass is 19.1. The van der Waals surface area contributed by atoms with Gasteiger partial charge in [0.15, 0.2) is 5.69 Å². The Morgan fingerprint density at radius 2 is 1.89 bits per heavy atom. The lowest BCUT2D eigenvalue weighted by molar-refractivity contribution is -0.119. The maximum absolute atomic E-state index is 13.6. The van der Waals surface area contributed by atoms with Crippen LogP contribution in [0.3, 0.4) is 0 Å². The predicted octanol–water partition coefficient (Wildman–Crippen LogP) is 2.00. The van der Waals surface area contributed by atoms with Gasteiger partial charge in [-0.1, -0.05) is 43.7 Å². The van der Waals surface area contributed by atoms with Gasteiger partial charge in [0.2, 0.25) is 5.91 Å². The van der Waals surface area contributed by atoms with E-state index in [2.05, 4.69) is 9.97 Å². The topological polar surface area (TPSA) is 136 Å². The summed E-state index contributed by atoms with van der Waals surface area (Å²) in [7, 11) is 0. The zero-order chi connectivity index (χ0) is 25.8. The van der Waals surface area contributed by atoms with E-state index in [0.717, 1.165) is 34.3 Å². The molecule has 1 amide bonds. The molecule has 36 heavy (non-hydrogen) atoms. The minimum Gasteiger partial charge on any atom is -0.383 e. The van der Waals surface area contributed by atoms with Crippen LogP contribution in [-0.2, 0) is 24.4 Å². The van der Waals surface area contributed by atoms with Crippen LogP contribution in [0.25, 0.3) is 10.9 Å². The molecule has 2 heterocycles. The van der Waals surface area contributed by atoms with Crippen molar-refractivity contribution in [3.05, 3.63) is 97.4 Å². The van der Waals surface area contributed by atoms with Crippen LogP contribution < -0.4 is 27.4 Å². The number of benzene rings is 2. The summed E-state index contributed by atoms with van der Waals surface area (Å²) in [6.45, 7) is 1.73. The van der Waals surface area contributed by atoms with Gasteiger partial charge in [0.25, 0.3) is 11.1 Å². The lowest BCUT2D eigenvalue weighted by atomic mass is 10.2. The van der Waals surface area contributed by atoms with E-state index in [-0.39, 0.29) is 35.5 Å². The molecule has 186 valence electrons. The van der Waals surface area contributed by atoms with Gasteiger partial charge < -0.3 is 5.73 Å². The van der Waals surface area contributed by atoms with Crippen LogP contribution >= 0.6 is 0 Å². The number of aromatic amines is 1. The standard InChI is InChI=1S/C25H25FN6O4/c1-2-3-11-31-22(27)21(23(34)29-25(31)36)32(13-16-7-5-4-6-8-16)20(33)14-30-15-28-19-12-17(26)9-10-18(19)24(30)35/h4-10,12,15H,2-3,11,13-14,27H2,1H3,(H,29,34,36). The summed E-state index contributed by atoms with van der Waals surface area (Å²) in [5.41, 5.74) is 4.94. The van der Waals surface area contributed by atoms with Crippen molar-refractivity contribution in [1.82, 2.24) is 19.1 Å². The van der Waals surface area contributed by atoms with E-state index in [0.29, 0.717) is 12.0 Å². The van der Waals surface area contributed by atoms with Gasteiger partial charge in [-0.25, -0.2) is 14.2 Å². The minimum absolute atomic E-state index is 0.0279. The molecule has 4 aromatic rings. The van der Waals surface area contributed by atoms with E-state index >= 15 is 0 Å². The van der Waals surface area contributed by atoms with Crippen molar-refractivity contribution in [2.75, 3.05) is 10.6 Å². The Morgan fingerprint density at radius 1 is 1.14 bits per heavy atom. The molecule has 0 saturated carbocycles. The zero-order valence-electron chi connectivity index (χ0n) is 19.6. The van der Waals surface area contributed by atoms with E-state index in [1.807, 2.05) is 13.0 Å². The van der Waals surface area contributed by atoms with Crippen molar-refractivity contribution in [1.29, 1.82) is 0 Å². The fourth-order valence-electron chi connectivity index (χ4n) is 3.91. The Hall–Kier alpha value is -4.54.